The Balaban J connectivity index is 2.01. The minimum Gasteiger partial charge on any atom is -0.373 e. The number of nitrogens with two attached hydrogens (primary N) is 1. The summed E-state index contributed by atoms with van der Waals surface area (Å²) in [6, 6.07) is 0. The fraction of sp³-hybridized carbons (Fsp3) is 1.00. The first kappa shape index (κ1) is 5.69. The van der Waals surface area contributed by atoms with Crippen molar-refractivity contribution in [1.82, 2.24) is 0 Å². The molecule has 2 rings (SSSR count). The standard InChI is InChI=1S/C7H13NO/c8-4-7-5-1-2-6(3-5)9-7/h5-7H,1-4,8H2. The third kappa shape index (κ3) is 0.775. The maximum absolute atomic E-state index is 5.58. The van der Waals surface area contributed by atoms with Crippen LogP contribution in [0, 0.1) is 5.92 Å². The normalized spacial score (nSPS) is 48.3. The van der Waals surface area contributed by atoms with E-state index in [-0.39, 0.29) is 0 Å². The van der Waals surface area contributed by atoms with E-state index in [1.807, 2.05) is 0 Å². The Labute approximate surface area is 55.4 Å². The van der Waals surface area contributed by atoms with Crippen LogP contribution in [0.4, 0.5) is 0 Å². The van der Waals surface area contributed by atoms with Crippen LogP contribution in [0.3, 0.4) is 0 Å². The molecule has 2 nitrogen and oxygen atoms in total. The van der Waals surface area contributed by atoms with Crippen LogP contribution >= 0.6 is 0 Å². The van der Waals surface area contributed by atoms with Gasteiger partial charge in [0.15, 0.2) is 0 Å². The number of fused-ring (bicyclic) bond motifs is 2. The lowest BCUT2D eigenvalue weighted by atomic mass is 10.0. The topological polar surface area (TPSA) is 35.2 Å². The highest BCUT2D eigenvalue weighted by atomic mass is 16.5. The van der Waals surface area contributed by atoms with Crippen molar-refractivity contribution >= 4 is 0 Å². The largest absolute Gasteiger partial charge is 0.373 e. The molecule has 2 bridgehead atoms. The minimum absolute atomic E-state index is 0.406. The van der Waals surface area contributed by atoms with Crippen LogP contribution in [0.5, 0.6) is 0 Å². The Hall–Kier alpha value is -0.0800. The summed E-state index contributed by atoms with van der Waals surface area (Å²) in [5.74, 6) is 0.806. The van der Waals surface area contributed by atoms with Crippen LogP contribution in [0.1, 0.15) is 19.3 Å². The molecule has 2 N–H and O–H groups in total. The molecule has 0 aromatic carbocycles. The fourth-order valence-corrected chi connectivity index (χ4v) is 2.04. The fourth-order valence-electron chi connectivity index (χ4n) is 2.04. The molecule has 3 unspecified atom stereocenters. The van der Waals surface area contributed by atoms with E-state index >= 15 is 0 Å². The second kappa shape index (κ2) is 1.96. The highest BCUT2D eigenvalue weighted by Gasteiger charge is 2.39. The molecular weight excluding hydrogens is 114 g/mol. The van der Waals surface area contributed by atoms with E-state index in [9.17, 15) is 0 Å². The third-order valence-electron chi connectivity index (χ3n) is 2.55. The van der Waals surface area contributed by atoms with E-state index in [4.69, 9.17) is 10.5 Å². The average Bonchev–Trinajstić information content (AvgIpc) is 2.45. The lowest BCUT2D eigenvalue weighted by Gasteiger charge is -2.19. The van der Waals surface area contributed by atoms with Crippen LogP contribution in [-0.2, 0) is 4.74 Å². The minimum atomic E-state index is 0.406. The van der Waals surface area contributed by atoms with Crippen LogP contribution in [0.25, 0.3) is 0 Å². The molecule has 1 saturated heterocycles. The van der Waals surface area contributed by atoms with Crippen molar-refractivity contribution < 1.29 is 4.74 Å². The summed E-state index contributed by atoms with van der Waals surface area (Å²) >= 11 is 0. The molecule has 52 valence electrons. The number of rotatable bonds is 1. The van der Waals surface area contributed by atoms with Crippen molar-refractivity contribution in [2.75, 3.05) is 6.54 Å². The highest BCUT2D eigenvalue weighted by molar-refractivity contribution is 4.89. The van der Waals surface area contributed by atoms with Gasteiger partial charge in [-0.25, -0.2) is 0 Å². The molecule has 0 spiro atoms. The second-order valence-corrected chi connectivity index (χ2v) is 3.11. The van der Waals surface area contributed by atoms with Crippen molar-refractivity contribution in [3.63, 3.8) is 0 Å². The highest BCUT2D eigenvalue weighted by Crippen LogP contribution is 2.39. The Bertz CT molecular complexity index is 115. The smallest absolute Gasteiger partial charge is 0.0730 e. The van der Waals surface area contributed by atoms with Crippen LogP contribution < -0.4 is 5.73 Å². The third-order valence-corrected chi connectivity index (χ3v) is 2.55. The van der Waals surface area contributed by atoms with Crippen LogP contribution in [-0.4, -0.2) is 18.8 Å². The van der Waals surface area contributed by atoms with Gasteiger partial charge in [0.1, 0.15) is 0 Å². The van der Waals surface area contributed by atoms with Crippen molar-refractivity contribution in [2.24, 2.45) is 11.7 Å². The summed E-state index contributed by atoms with van der Waals surface area (Å²) in [7, 11) is 0. The molecule has 0 radical (unpaired) electrons. The maximum atomic E-state index is 5.58. The second-order valence-electron chi connectivity index (χ2n) is 3.11. The first-order chi connectivity index (χ1) is 4.40. The van der Waals surface area contributed by atoms with Gasteiger partial charge in [-0.1, -0.05) is 0 Å². The molecule has 0 amide bonds. The lowest BCUT2D eigenvalue weighted by molar-refractivity contribution is 0.00979. The summed E-state index contributed by atoms with van der Waals surface area (Å²) in [4.78, 5) is 0. The van der Waals surface area contributed by atoms with Crippen molar-refractivity contribution in [2.45, 2.75) is 31.5 Å². The van der Waals surface area contributed by atoms with Gasteiger partial charge in [-0.15, -0.1) is 0 Å². The van der Waals surface area contributed by atoms with Gasteiger partial charge in [-0.2, -0.15) is 0 Å². The molecule has 1 aliphatic carbocycles. The zero-order valence-corrected chi connectivity index (χ0v) is 5.55. The Morgan fingerprint density at radius 3 is 2.67 bits per heavy atom. The van der Waals surface area contributed by atoms with Crippen LogP contribution in [0.2, 0.25) is 0 Å². The Morgan fingerprint density at radius 1 is 1.44 bits per heavy atom. The average molecular weight is 127 g/mol. The molecule has 0 aromatic rings. The Kier molecular flexibility index (Phi) is 1.24. The zero-order chi connectivity index (χ0) is 6.27. The molecule has 9 heavy (non-hydrogen) atoms. The van der Waals surface area contributed by atoms with Gasteiger partial charge in [0, 0.05) is 6.54 Å². The molecule has 1 heterocycles. The van der Waals surface area contributed by atoms with Gasteiger partial charge in [-0.05, 0) is 25.2 Å². The van der Waals surface area contributed by atoms with Gasteiger partial charge < -0.3 is 10.5 Å². The predicted molar refractivity (Wildman–Crippen MR) is 35.1 cm³/mol. The number of hydrogen-bond donors (Lipinski definition) is 1. The predicted octanol–water partition coefficient (Wildman–Crippen LogP) is 0.513. The van der Waals surface area contributed by atoms with E-state index < -0.39 is 0 Å². The summed E-state index contributed by atoms with van der Waals surface area (Å²) < 4.78 is 5.58. The van der Waals surface area contributed by atoms with Crippen molar-refractivity contribution in [3.05, 3.63) is 0 Å². The number of ether oxygens (including phenoxy) is 1. The SMILES string of the molecule is NCC1OC2CCC1C2. The summed E-state index contributed by atoms with van der Waals surface area (Å²) in [5.41, 5.74) is 5.50. The van der Waals surface area contributed by atoms with E-state index in [0.717, 1.165) is 12.5 Å². The molecule has 2 heteroatoms. The van der Waals surface area contributed by atoms with E-state index in [1.54, 1.807) is 0 Å². The summed E-state index contributed by atoms with van der Waals surface area (Å²) in [6.07, 6.45) is 4.89. The molecule has 2 aliphatic rings. The van der Waals surface area contributed by atoms with Gasteiger partial charge in [0.05, 0.1) is 12.2 Å². The molecule has 1 aliphatic heterocycles. The van der Waals surface area contributed by atoms with E-state index in [0.29, 0.717) is 12.2 Å². The van der Waals surface area contributed by atoms with Gasteiger partial charge in [0.25, 0.3) is 0 Å². The first-order valence-electron chi connectivity index (χ1n) is 3.75. The molecule has 2 fully saturated rings. The van der Waals surface area contributed by atoms with E-state index in [1.165, 1.54) is 19.3 Å². The zero-order valence-electron chi connectivity index (χ0n) is 5.55. The van der Waals surface area contributed by atoms with Crippen LogP contribution in [0.15, 0.2) is 0 Å². The lowest BCUT2D eigenvalue weighted by Crippen LogP contribution is -2.28. The van der Waals surface area contributed by atoms with Crippen molar-refractivity contribution in [1.29, 1.82) is 0 Å². The molecule has 1 saturated carbocycles. The molecule has 3 atom stereocenters. The number of hydrogen-bond acceptors (Lipinski definition) is 2. The van der Waals surface area contributed by atoms with E-state index in [2.05, 4.69) is 0 Å². The maximum Gasteiger partial charge on any atom is 0.0730 e. The first-order valence-corrected chi connectivity index (χ1v) is 3.75. The van der Waals surface area contributed by atoms with Gasteiger partial charge in [0.2, 0.25) is 0 Å². The molecular formula is C7H13NO. The van der Waals surface area contributed by atoms with Gasteiger partial charge >= 0.3 is 0 Å². The summed E-state index contributed by atoms with van der Waals surface area (Å²) in [5, 5.41) is 0. The summed E-state index contributed by atoms with van der Waals surface area (Å²) in [6.45, 7) is 0.723. The van der Waals surface area contributed by atoms with Crippen molar-refractivity contribution in [3.8, 4) is 0 Å². The monoisotopic (exact) mass is 127 g/mol. The Morgan fingerprint density at radius 2 is 2.33 bits per heavy atom. The molecule has 0 aromatic heterocycles. The van der Waals surface area contributed by atoms with Gasteiger partial charge in [-0.3, -0.25) is 0 Å². The quantitative estimate of drug-likeness (QED) is 0.557.